The van der Waals surface area contributed by atoms with Crippen molar-refractivity contribution >= 4 is 22.9 Å². The maximum atomic E-state index is 6.46. The van der Waals surface area contributed by atoms with Crippen LogP contribution in [0.3, 0.4) is 0 Å². The van der Waals surface area contributed by atoms with Gasteiger partial charge in [0.25, 0.3) is 0 Å². The minimum absolute atomic E-state index is 0.0350. The molecule has 1 aliphatic heterocycles. The highest BCUT2D eigenvalue weighted by atomic mass is 35.5. The molecule has 2 rings (SSSR count). The Bertz CT molecular complexity index is 323. The van der Waals surface area contributed by atoms with E-state index >= 15 is 0 Å². The van der Waals surface area contributed by atoms with E-state index in [0.29, 0.717) is 5.92 Å². The van der Waals surface area contributed by atoms with Crippen molar-refractivity contribution < 1.29 is 4.74 Å². The van der Waals surface area contributed by atoms with E-state index in [-0.39, 0.29) is 11.5 Å². The van der Waals surface area contributed by atoms with Crippen LogP contribution in [0.25, 0.3) is 0 Å². The van der Waals surface area contributed by atoms with E-state index in [1.807, 2.05) is 11.3 Å². The first kappa shape index (κ1) is 11.4. The summed E-state index contributed by atoms with van der Waals surface area (Å²) < 4.78 is 5.70. The molecule has 3 heteroatoms. The first-order valence-corrected chi connectivity index (χ1v) is 6.82. The molecule has 0 spiro atoms. The van der Waals surface area contributed by atoms with Crippen molar-refractivity contribution in [3.8, 4) is 0 Å². The Labute approximate surface area is 100 Å². The Balaban J connectivity index is 2.09. The van der Waals surface area contributed by atoms with E-state index in [4.69, 9.17) is 16.3 Å². The molecule has 1 aromatic rings. The summed E-state index contributed by atoms with van der Waals surface area (Å²) in [6.45, 7) is 5.26. The molecule has 84 valence electrons. The zero-order chi connectivity index (χ0) is 10.8. The van der Waals surface area contributed by atoms with Gasteiger partial charge in [-0.25, -0.2) is 0 Å². The topological polar surface area (TPSA) is 9.23 Å². The van der Waals surface area contributed by atoms with Crippen molar-refractivity contribution in [2.45, 2.75) is 38.2 Å². The van der Waals surface area contributed by atoms with Crippen molar-refractivity contribution in [1.29, 1.82) is 0 Å². The van der Waals surface area contributed by atoms with Gasteiger partial charge in [-0.05, 0) is 30.9 Å². The number of thiophene rings is 1. The number of hydrogen-bond donors (Lipinski definition) is 0. The molecule has 0 bridgehead atoms. The molecule has 1 aliphatic rings. The summed E-state index contributed by atoms with van der Waals surface area (Å²) in [5.74, 6) is 0.583. The van der Waals surface area contributed by atoms with Crippen molar-refractivity contribution in [3.63, 3.8) is 0 Å². The average Bonchev–Trinajstić information content (AvgIpc) is 2.84. The molecule has 3 atom stereocenters. The normalized spacial score (nSPS) is 28.2. The smallest absolute Gasteiger partial charge is 0.0942 e. The van der Waals surface area contributed by atoms with Crippen molar-refractivity contribution in [1.82, 2.24) is 0 Å². The second kappa shape index (κ2) is 4.86. The highest BCUT2D eigenvalue weighted by Gasteiger charge is 2.32. The molecule has 0 amide bonds. The SMILES string of the molecule is CCc1ccc(C(Cl)C2OCCC2C)s1. The van der Waals surface area contributed by atoms with Gasteiger partial charge in [0.05, 0.1) is 11.5 Å². The van der Waals surface area contributed by atoms with Crippen LogP contribution in [0, 0.1) is 5.92 Å². The van der Waals surface area contributed by atoms with Crippen LogP contribution in [0.5, 0.6) is 0 Å². The monoisotopic (exact) mass is 244 g/mol. The van der Waals surface area contributed by atoms with Crippen LogP contribution in [-0.4, -0.2) is 12.7 Å². The van der Waals surface area contributed by atoms with Crippen molar-refractivity contribution in [2.24, 2.45) is 5.92 Å². The highest BCUT2D eigenvalue weighted by molar-refractivity contribution is 7.12. The summed E-state index contributed by atoms with van der Waals surface area (Å²) in [6.07, 6.45) is 2.44. The Hall–Kier alpha value is -0.0500. The van der Waals surface area contributed by atoms with Crippen LogP contribution in [0.15, 0.2) is 12.1 Å². The Kier molecular flexibility index (Phi) is 3.70. The molecular weight excluding hydrogens is 228 g/mol. The zero-order valence-electron chi connectivity index (χ0n) is 9.20. The number of hydrogen-bond acceptors (Lipinski definition) is 2. The molecule has 1 nitrogen and oxygen atoms in total. The van der Waals surface area contributed by atoms with Gasteiger partial charge in [-0.3, -0.25) is 0 Å². The molecule has 0 saturated carbocycles. The summed E-state index contributed by atoms with van der Waals surface area (Å²) in [5.41, 5.74) is 0. The molecule has 1 saturated heterocycles. The lowest BCUT2D eigenvalue weighted by molar-refractivity contribution is 0.0910. The summed E-state index contributed by atoms with van der Waals surface area (Å²) >= 11 is 8.28. The standard InChI is InChI=1S/C12H17ClOS/c1-3-9-4-5-10(15-9)11(13)12-8(2)6-7-14-12/h4-5,8,11-12H,3,6-7H2,1-2H3. The molecule has 1 fully saturated rings. The first-order chi connectivity index (χ1) is 7.22. The third kappa shape index (κ3) is 2.38. The summed E-state index contributed by atoms with van der Waals surface area (Å²) in [4.78, 5) is 2.66. The van der Waals surface area contributed by atoms with Gasteiger partial charge >= 0.3 is 0 Å². The molecule has 1 aromatic heterocycles. The Morgan fingerprint density at radius 3 is 2.93 bits per heavy atom. The molecule has 0 aliphatic carbocycles. The summed E-state index contributed by atoms with van der Waals surface area (Å²) in [7, 11) is 0. The average molecular weight is 245 g/mol. The van der Waals surface area contributed by atoms with Gasteiger partial charge in [0.15, 0.2) is 0 Å². The number of halogens is 1. The lowest BCUT2D eigenvalue weighted by Gasteiger charge is -2.19. The fraction of sp³-hybridized carbons (Fsp3) is 0.667. The summed E-state index contributed by atoms with van der Waals surface area (Å²) in [5, 5.41) is 0.0350. The Morgan fingerprint density at radius 2 is 2.40 bits per heavy atom. The lowest BCUT2D eigenvalue weighted by Crippen LogP contribution is -2.18. The van der Waals surface area contributed by atoms with Crippen molar-refractivity contribution in [3.05, 3.63) is 21.9 Å². The van der Waals surface area contributed by atoms with Crippen molar-refractivity contribution in [2.75, 3.05) is 6.61 Å². The maximum absolute atomic E-state index is 6.46. The van der Waals surface area contributed by atoms with Gasteiger partial charge in [0.1, 0.15) is 0 Å². The van der Waals surface area contributed by atoms with Crippen LogP contribution >= 0.6 is 22.9 Å². The third-order valence-electron chi connectivity index (χ3n) is 3.04. The van der Waals surface area contributed by atoms with Crippen LogP contribution in [0.2, 0.25) is 0 Å². The van der Waals surface area contributed by atoms with E-state index in [0.717, 1.165) is 19.4 Å². The van der Waals surface area contributed by atoms with Gasteiger partial charge in [0, 0.05) is 16.4 Å². The van der Waals surface area contributed by atoms with E-state index in [9.17, 15) is 0 Å². The predicted molar refractivity (Wildman–Crippen MR) is 65.8 cm³/mol. The fourth-order valence-corrected chi connectivity index (χ4v) is 3.48. The molecule has 0 radical (unpaired) electrons. The third-order valence-corrected chi connectivity index (χ3v) is 4.96. The van der Waals surface area contributed by atoms with Crippen LogP contribution in [0.1, 0.15) is 35.4 Å². The minimum atomic E-state index is 0.0350. The van der Waals surface area contributed by atoms with Crippen LogP contribution in [-0.2, 0) is 11.2 Å². The molecule has 0 aromatic carbocycles. The van der Waals surface area contributed by atoms with Gasteiger partial charge in [-0.15, -0.1) is 22.9 Å². The van der Waals surface area contributed by atoms with Gasteiger partial charge in [0.2, 0.25) is 0 Å². The molecule has 0 N–H and O–H groups in total. The number of ether oxygens (including phenoxy) is 1. The number of rotatable bonds is 3. The lowest BCUT2D eigenvalue weighted by atomic mass is 10.0. The van der Waals surface area contributed by atoms with Gasteiger partial charge < -0.3 is 4.74 Å². The van der Waals surface area contributed by atoms with Crippen LogP contribution < -0.4 is 0 Å². The molecule has 2 heterocycles. The van der Waals surface area contributed by atoms with Gasteiger partial charge in [-0.1, -0.05) is 13.8 Å². The van der Waals surface area contributed by atoms with E-state index in [2.05, 4.69) is 26.0 Å². The predicted octanol–water partition coefficient (Wildman–Crippen LogP) is 4.02. The zero-order valence-corrected chi connectivity index (χ0v) is 10.8. The summed E-state index contributed by atoms with van der Waals surface area (Å²) in [6, 6.07) is 4.32. The Morgan fingerprint density at radius 1 is 1.60 bits per heavy atom. The van der Waals surface area contributed by atoms with Crippen LogP contribution in [0.4, 0.5) is 0 Å². The number of aryl methyl sites for hydroxylation is 1. The van der Waals surface area contributed by atoms with E-state index < -0.39 is 0 Å². The maximum Gasteiger partial charge on any atom is 0.0942 e. The largest absolute Gasteiger partial charge is 0.376 e. The second-order valence-electron chi connectivity index (χ2n) is 4.16. The van der Waals surface area contributed by atoms with E-state index in [1.54, 1.807) is 0 Å². The van der Waals surface area contributed by atoms with Gasteiger partial charge in [-0.2, -0.15) is 0 Å². The fourth-order valence-electron chi connectivity index (χ4n) is 1.99. The quantitative estimate of drug-likeness (QED) is 0.730. The van der Waals surface area contributed by atoms with E-state index in [1.165, 1.54) is 9.75 Å². The minimum Gasteiger partial charge on any atom is -0.376 e. The second-order valence-corrected chi connectivity index (χ2v) is 5.83. The highest BCUT2D eigenvalue weighted by Crippen LogP contribution is 2.38. The molecular formula is C12H17ClOS. The molecule has 15 heavy (non-hydrogen) atoms. The number of alkyl halides is 1. The molecule has 3 unspecified atom stereocenters. The first-order valence-electron chi connectivity index (χ1n) is 5.56.